The van der Waals surface area contributed by atoms with Gasteiger partial charge in [0.1, 0.15) is 5.82 Å². The number of nitrogens with one attached hydrogen (secondary N) is 1. The third-order valence-electron chi connectivity index (χ3n) is 2.06. The van der Waals surface area contributed by atoms with Gasteiger partial charge in [-0.2, -0.15) is 0 Å². The van der Waals surface area contributed by atoms with Gasteiger partial charge in [-0.05, 0) is 18.3 Å². The van der Waals surface area contributed by atoms with Crippen LogP contribution < -0.4 is 5.56 Å². The molecule has 1 N–H and O–H groups in total. The first-order chi connectivity index (χ1) is 6.97. The van der Waals surface area contributed by atoms with Gasteiger partial charge in [0.05, 0.1) is 0 Å². The molecule has 0 aromatic carbocycles. The Morgan fingerprint density at radius 3 is 2.33 bits per heavy atom. The Hall–Kier alpha value is -1.12. The Morgan fingerprint density at radius 2 is 1.80 bits per heavy atom. The van der Waals surface area contributed by atoms with Crippen molar-refractivity contribution in [1.29, 1.82) is 0 Å². The summed E-state index contributed by atoms with van der Waals surface area (Å²) in [6, 6.07) is 1.60. The molecule has 0 saturated heterocycles. The third-order valence-corrected chi connectivity index (χ3v) is 2.06. The Kier molecular flexibility index (Phi) is 4.06. The minimum absolute atomic E-state index is 0.0312. The highest BCUT2D eigenvalue weighted by atomic mass is 16.1. The first-order valence-corrected chi connectivity index (χ1v) is 5.56. The van der Waals surface area contributed by atoms with Crippen molar-refractivity contribution in [3.05, 3.63) is 27.9 Å². The van der Waals surface area contributed by atoms with Gasteiger partial charge in [0.2, 0.25) is 0 Å². The summed E-state index contributed by atoms with van der Waals surface area (Å²) in [6.45, 7) is 8.50. The summed E-state index contributed by atoms with van der Waals surface area (Å²) in [5.74, 6) is 1.86. The Bertz CT molecular complexity index is 335. The largest absolute Gasteiger partial charge is 0.311 e. The quantitative estimate of drug-likeness (QED) is 0.824. The molecule has 0 amide bonds. The van der Waals surface area contributed by atoms with E-state index in [0.29, 0.717) is 11.8 Å². The van der Waals surface area contributed by atoms with E-state index in [2.05, 4.69) is 37.7 Å². The highest BCUT2D eigenvalue weighted by Crippen LogP contribution is 2.05. The van der Waals surface area contributed by atoms with Crippen LogP contribution in [0.3, 0.4) is 0 Å². The molecule has 0 aliphatic heterocycles. The maximum Gasteiger partial charge on any atom is 0.251 e. The smallest absolute Gasteiger partial charge is 0.251 e. The molecule has 0 spiro atoms. The zero-order valence-electron chi connectivity index (χ0n) is 10.0. The molecular formula is C12H20N2O. The molecule has 0 unspecified atom stereocenters. The van der Waals surface area contributed by atoms with Gasteiger partial charge in [-0.25, -0.2) is 4.98 Å². The molecule has 0 radical (unpaired) electrons. The molecule has 1 heterocycles. The fourth-order valence-electron chi connectivity index (χ4n) is 1.57. The highest BCUT2D eigenvalue weighted by Gasteiger charge is 2.05. The first-order valence-electron chi connectivity index (χ1n) is 5.56. The molecular weight excluding hydrogens is 188 g/mol. The molecule has 0 saturated carbocycles. The fraction of sp³-hybridized carbons (Fsp3) is 0.667. The van der Waals surface area contributed by atoms with Crippen molar-refractivity contribution in [2.24, 2.45) is 11.8 Å². The molecule has 15 heavy (non-hydrogen) atoms. The van der Waals surface area contributed by atoms with Crippen LogP contribution in [0.25, 0.3) is 0 Å². The van der Waals surface area contributed by atoms with Crippen molar-refractivity contribution in [1.82, 2.24) is 9.97 Å². The number of aromatic nitrogens is 2. The zero-order chi connectivity index (χ0) is 11.4. The number of H-pyrrole nitrogens is 1. The topological polar surface area (TPSA) is 45.8 Å². The molecule has 1 aromatic rings. The van der Waals surface area contributed by atoms with Crippen LogP contribution in [0.1, 0.15) is 39.2 Å². The van der Waals surface area contributed by atoms with Crippen molar-refractivity contribution in [2.45, 2.75) is 40.5 Å². The lowest BCUT2D eigenvalue weighted by molar-refractivity contribution is 0.598. The maximum absolute atomic E-state index is 11.4. The molecule has 0 fully saturated rings. The molecule has 0 atom stereocenters. The van der Waals surface area contributed by atoms with Crippen LogP contribution in [0.5, 0.6) is 0 Å². The molecule has 0 aliphatic carbocycles. The van der Waals surface area contributed by atoms with Crippen molar-refractivity contribution >= 4 is 0 Å². The fourth-order valence-corrected chi connectivity index (χ4v) is 1.57. The van der Waals surface area contributed by atoms with E-state index in [0.717, 1.165) is 24.4 Å². The minimum Gasteiger partial charge on any atom is -0.311 e. The van der Waals surface area contributed by atoms with Gasteiger partial charge in [-0.3, -0.25) is 4.79 Å². The van der Waals surface area contributed by atoms with E-state index in [1.807, 2.05) is 0 Å². The maximum atomic E-state index is 11.4. The molecule has 3 nitrogen and oxygen atoms in total. The summed E-state index contributed by atoms with van der Waals surface area (Å²) in [6.07, 6.45) is 1.70. The third kappa shape index (κ3) is 4.28. The number of hydrogen-bond acceptors (Lipinski definition) is 2. The van der Waals surface area contributed by atoms with E-state index in [4.69, 9.17) is 0 Å². The summed E-state index contributed by atoms with van der Waals surface area (Å²) in [5.41, 5.74) is 0.876. The number of rotatable bonds is 4. The van der Waals surface area contributed by atoms with Crippen molar-refractivity contribution in [3.8, 4) is 0 Å². The van der Waals surface area contributed by atoms with Crippen LogP contribution >= 0.6 is 0 Å². The number of nitrogens with zero attached hydrogens (tertiary/aromatic N) is 1. The Labute approximate surface area is 91.0 Å². The zero-order valence-corrected chi connectivity index (χ0v) is 10.0. The second-order valence-electron chi connectivity index (χ2n) is 4.88. The Morgan fingerprint density at radius 1 is 1.20 bits per heavy atom. The van der Waals surface area contributed by atoms with Crippen LogP contribution in [0.15, 0.2) is 10.9 Å². The first kappa shape index (κ1) is 12.0. The van der Waals surface area contributed by atoms with E-state index in [1.165, 1.54) is 0 Å². The van der Waals surface area contributed by atoms with E-state index in [9.17, 15) is 4.79 Å². The molecule has 1 aromatic heterocycles. The Balaban J connectivity index is 2.90. The van der Waals surface area contributed by atoms with E-state index in [1.54, 1.807) is 6.07 Å². The number of aromatic amines is 1. The monoisotopic (exact) mass is 208 g/mol. The SMILES string of the molecule is CC(C)Cc1cc(=O)[nH]c(CC(C)C)n1. The van der Waals surface area contributed by atoms with Crippen LogP contribution in [0.2, 0.25) is 0 Å². The van der Waals surface area contributed by atoms with Gasteiger partial charge in [-0.1, -0.05) is 27.7 Å². The molecule has 84 valence electrons. The second-order valence-corrected chi connectivity index (χ2v) is 4.88. The highest BCUT2D eigenvalue weighted by molar-refractivity contribution is 5.03. The summed E-state index contributed by atoms with van der Waals surface area (Å²) in [4.78, 5) is 18.6. The van der Waals surface area contributed by atoms with E-state index >= 15 is 0 Å². The van der Waals surface area contributed by atoms with Crippen molar-refractivity contribution in [2.75, 3.05) is 0 Å². The summed E-state index contributed by atoms with van der Waals surface area (Å²) in [5, 5.41) is 0. The van der Waals surface area contributed by atoms with Gasteiger partial charge in [0.15, 0.2) is 0 Å². The molecule has 0 bridgehead atoms. The van der Waals surface area contributed by atoms with Crippen LogP contribution in [-0.2, 0) is 12.8 Å². The van der Waals surface area contributed by atoms with Crippen LogP contribution in [-0.4, -0.2) is 9.97 Å². The van der Waals surface area contributed by atoms with Gasteiger partial charge >= 0.3 is 0 Å². The average molecular weight is 208 g/mol. The van der Waals surface area contributed by atoms with Gasteiger partial charge in [-0.15, -0.1) is 0 Å². The van der Waals surface area contributed by atoms with Gasteiger partial charge in [0.25, 0.3) is 5.56 Å². The average Bonchev–Trinajstić information content (AvgIpc) is 1.98. The van der Waals surface area contributed by atoms with E-state index in [-0.39, 0.29) is 5.56 Å². The predicted molar refractivity (Wildman–Crippen MR) is 61.9 cm³/mol. The van der Waals surface area contributed by atoms with Crippen molar-refractivity contribution in [3.63, 3.8) is 0 Å². The van der Waals surface area contributed by atoms with Crippen molar-refractivity contribution < 1.29 is 0 Å². The summed E-state index contributed by atoms with van der Waals surface area (Å²) >= 11 is 0. The lowest BCUT2D eigenvalue weighted by Gasteiger charge is -2.07. The van der Waals surface area contributed by atoms with E-state index < -0.39 is 0 Å². The van der Waals surface area contributed by atoms with Gasteiger partial charge < -0.3 is 4.98 Å². The summed E-state index contributed by atoms with van der Waals surface area (Å²) < 4.78 is 0. The molecule has 1 rings (SSSR count). The predicted octanol–water partition coefficient (Wildman–Crippen LogP) is 2.17. The lowest BCUT2D eigenvalue weighted by Crippen LogP contribution is -2.15. The minimum atomic E-state index is -0.0312. The standard InChI is InChI=1S/C12H20N2O/c1-8(2)5-10-7-12(15)14-11(13-10)6-9(3)4/h7-9H,5-6H2,1-4H3,(H,13,14,15). The number of hydrogen-bond donors (Lipinski definition) is 1. The second kappa shape index (κ2) is 5.10. The lowest BCUT2D eigenvalue weighted by atomic mass is 10.1. The van der Waals surface area contributed by atoms with Crippen LogP contribution in [0.4, 0.5) is 0 Å². The molecule has 0 aliphatic rings. The normalized spacial score (nSPS) is 11.3. The van der Waals surface area contributed by atoms with Gasteiger partial charge in [0, 0.05) is 18.2 Å². The van der Waals surface area contributed by atoms with Crippen LogP contribution in [0, 0.1) is 11.8 Å². The summed E-state index contributed by atoms with van der Waals surface area (Å²) in [7, 11) is 0. The molecule has 3 heteroatoms.